The smallest absolute Gasteiger partial charge is 0.417 e. The zero-order chi connectivity index (χ0) is 22.1. The van der Waals surface area contributed by atoms with Crippen LogP contribution in [0, 0.1) is 22.0 Å². The van der Waals surface area contributed by atoms with Crippen molar-refractivity contribution in [3.63, 3.8) is 0 Å². The summed E-state index contributed by atoms with van der Waals surface area (Å²) in [6.07, 6.45) is -2.53. The fraction of sp³-hybridized carbons (Fsp3) is 0.316. The van der Waals surface area contributed by atoms with Crippen molar-refractivity contribution in [2.75, 3.05) is 11.6 Å². The van der Waals surface area contributed by atoms with Crippen molar-refractivity contribution in [1.29, 1.82) is 10.0 Å². The number of rotatable bonds is 5. The lowest BCUT2D eigenvalue weighted by Gasteiger charge is -2.31. The SMILES string of the molecule is CS(=N)(=O)c1cccc(NC(=O)c2cc(C(F)(F)F)cnc2OC2CC(C#N)C2)c1. The Labute approximate surface area is 170 Å². The number of ether oxygens (including phenoxy) is 1. The van der Waals surface area contributed by atoms with E-state index in [1.807, 2.05) is 0 Å². The van der Waals surface area contributed by atoms with E-state index in [0.717, 1.165) is 0 Å². The molecule has 1 aliphatic rings. The molecule has 1 atom stereocenters. The molecule has 1 unspecified atom stereocenters. The third kappa shape index (κ3) is 4.88. The van der Waals surface area contributed by atoms with Gasteiger partial charge in [-0.25, -0.2) is 14.0 Å². The van der Waals surface area contributed by atoms with E-state index in [-0.39, 0.29) is 22.4 Å². The summed E-state index contributed by atoms with van der Waals surface area (Å²) >= 11 is 0. The molecule has 1 aromatic carbocycles. The first-order valence-corrected chi connectivity index (χ1v) is 10.7. The Hall–Kier alpha value is -3.13. The van der Waals surface area contributed by atoms with Gasteiger partial charge in [-0.2, -0.15) is 18.4 Å². The van der Waals surface area contributed by atoms with Crippen LogP contribution in [0.5, 0.6) is 5.88 Å². The van der Waals surface area contributed by atoms with Gasteiger partial charge in [-0.15, -0.1) is 0 Å². The van der Waals surface area contributed by atoms with Gasteiger partial charge in [0.1, 0.15) is 11.7 Å². The molecule has 0 bridgehead atoms. The summed E-state index contributed by atoms with van der Waals surface area (Å²) in [5.74, 6) is -1.36. The summed E-state index contributed by atoms with van der Waals surface area (Å²) in [5, 5.41) is 11.3. The number of aromatic nitrogens is 1. The van der Waals surface area contributed by atoms with Crippen molar-refractivity contribution < 1.29 is 26.9 Å². The van der Waals surface area contributed by atoms with Crippen LogP contribution in [0.3, 0.4) is 0 Å². The summed E-state index contributed by atoms with van der Waals surface area (Å²) < 4.78 is 64.4. The van der Waals surface area contributed by atoms with Gasteiger partial charge in [-0.05, 0) is 24.3 Å². The highest BCUT2D eigenvalue weighted by Crippen LogP contribution is 2.34. The minimum atomic E-state index is -4.71. The number of alkyl halides is 3. The second kappa shape index (κ2) is 7.95. The quantitative estimate of drug-likeness (QED) is 0.730. The van der Waals surface area contributed by atoms with Crippen LogP contribution in [-0.4, -0.2) is 27.5 Å². The van der Waals surface area contributed by atoms with Crippen molar-refractivity contribution in [3.8, 4) is 11.9 Å². The van der Waals surface area contributed by atoms with Crippen LogP contribution in [0.2, 0.25) is 0 Å². The number of carbonyl (C=O) groups is 1. The van der Waals surface area contributed by atoms with E-state index in [9.17, 15) is 22.2 Å². The van der Waals surface area contributed by atoms with Gasteiger partial charge >= 0.3 is 6.18 Å². The Morgan fingerprint density at radius 3 is 2.67 bits per heavy atom. The fourth-order valence-electron chi connectivity index (χ4n) is 2.80. The molecule has 30 heavy (non-hydrogen) atoms. The number of nitrogens with one attached hydrogen (secondary N) is 2. The minimum absolute atomic E-state index is 0.163. The molecule has 158 valence electrons. The van der Waals surface area contributed by atoms with Crippen LogP contribution in [0.4, 0.5) is 18.9 Å². The zero-order valence-electron chi connectivity index (χ0n) is 15.7. The molecule has 3 rings (SSSR count). The highest BCUT2D eigenvalue weighted by atomic mass is 32.2. The molecule has 2 aromatic rings. The molecule has 11 heteroatoms. The molecule has 1 fully saturated rings. The fourth-order valence-corrected chi connectivity index (χ4v) is 3.49. The van der Waals surface area contributed by atoms with Crippen LogP contribution in [-0.2, 0) is 15.9 Å². The topological polar surface area (TPSA) is 116 Å². The lowest BCUT2D eigenvalue weighted by Crippen LogP contribution is -2.33. The molecule has 0 spiro atoms. The Morgan fingerprint density at radius 2 is 2.07 bits per heavy atom. The predicted molar refractivity (Wildman–Crippen MR) is 101 cm³/mol. The van der Waals surface area contributed by atoms with Gasteiger partial charge in [0.05, 0.1) is 27.3 Å². The van der Waals surface area contributed by atoms with Crippen LogP contribution in [0.25, 0.3) is 0 Å². The second-order valence-electron chi connectivity index (χ2n) is 6.94. The van der Waals surface area contributed by atoms with Gasteiger partial charge in [-0.3, -0.25) is 4.79 Å². The summed E-state index contributed by atoms with van der Waals surface area (Å²) in [4.78, 5) is 16.6. The van der Waals surface area contributed by atoms with E-state index in [1.54, 1.807) is 0 Å². The monoisotopic (exact) mass is 438 g/mol. The number of pyridine rings is 1. The van der Waals surface area contributed by atoms with Crippen LogP contribution >= 0.6 is 0 Å². The van der Waals surface area contributed by atoms with Gasteiger partial charge in [-0.1, -0.05) is 6.07 Å². The van der Waals surface area contributed by atoms with Gasteiger partial charge < -0.3 is 10.1 Å². The molecule has 1 aliphatic carbocycles. The predicted octanol–water partition coefficient (Wildman–Crippen LogP) is 4.07. The number of amides is 1. The standard InChI is InChI=1S/C19H17F3N4O3S/c1-30(24,28)15-4-2-3-13(8-15)26-17(27)16-7-12(19(20,21)22)10-25-18(16)29-14-5-11(6-14)9-23/h2-4,7-8,10-11,14,24H,5-6H2,1H3,(H,26,27). The lowest BCUT2D eigenvalue weighted by molar-refractivity contribution is -0.137. The van der Waals surface area contributed by atoms with E-state index < -0.39 is 39.0 Å². The first-order valence-electron chi connectivity index (χ1n) is 8.76. The van der Waals surface area contributed by atoms with Crippen LogP contribution in [0.1, 0.15) is 28.8 Å². The third-order valence-corrected chi connectivity index (χ3v) is 5.67. The molecule has 1 amide bonds. The lowest BCUT2D eigenvalue weighted by atomic mass is 9.83. The molecule has 1 saturated carbocycles. The molecule has 7 nitrogen and oxygen atoms in total. The number of anilines is 1. The zero-order valence-corrected chi connectivity index (χ0v) is 16.5. The van der Waals surface area contributed by atoms with E-state index in [4.69, 9.17) is 14.8 Å². The number of hydrogen-bond acceptors (Lipinski definition) is 6. The molecule has 1 aromatic heterocycles. The molecule has 2 N–H and O–H groups in total. The Kier molecular flexibility index (Phi) is 5.72. The Bertz CT molecular complexity index is 1120. The number of nitriles is 1. The Morgan fingerprint density at radius 1 is 1.37 bits per heavy atom. The number of hydrogen-bond donors (Lipinski definition) is 2. The highest BCUT2D eigenvalue weighted by Gasteiger charge is 2.35. The van der Waals surface area contributed by atoms with Crippen molar-refractivity contribution in [3.05, 3.63) is 47.7 Å². The number of halogens is 3. The summed E-state index contributed by atoms with van der Waals surface area (Å²) in [5.41, 5.74) is -1.37. The normalized spacial score (nSPS) is 20.4. The molecular formula is C19H17F3N4O3S. The van der Waals surface area contributed by atoms with Crippen LogP contribution in [0.15, 0.2) is 41.4 Å². The first-order chi connectivity index (χ1) is 14.0. The van der Waals surface area contributed by atoms with Crippen LogP contribution < -0.4 is 10.1 Å². The van der Waals surface area contributed by atoms with Gasteiger partial charge in [0.25, 0.3) is 5.91 Å². The summed E-state index contributed by atoms with van der Waals surface area (Å²) in [6, 6.07) is 8.41. The van der Waals surface area contributed by atoms with E-state index in [2.05, 4.69) is 16.4 Å². The van der Waals surface area contributed by atoms with Crippen molar-refractivity contribution in [1.82, 2.24) is 4.98 Å². The maximum absolute atomic E-state index is 13.1. The Balaban J connectivity index is 1.90. The molecule has 0 radical (unpaired) electrons. The third-order valence-electron chi connectivity index (χ3n) is 4.52. The molecule has 1 heterocycles. The number of benzene rings is 1. The maximum atomic E-state index is 13.1. The average Bonchev–Trinajstić information content (AvgIpc) is 2.63. The second-order valence-corrected chi connectivity index (χ2v) is 9.10. The van der Waals surface area contributed by atoms with E-state index >= 15 is 0 Å². The maximum Gasteiger partial charge on any atom is 0.417 e. The van der Waals surface area contributed by atoms with Gasteiger partial charge in [0.2, 0.25) is 5.88 Å². The summed E-state index contributed by atoms with van der Waals surface area (Å²) in [7, 11) is -3.04. The van der Waals surface area contributed by atoms with E-state index in [1.165, 1.54) is 30.5 Å². The molecule has 0 saturated heterocycles. The van der Waals surface area contributed by atoms with Gasteiger partial charge in [0.15, 0.2) is 0 Å². The molecular weight excluding hydrogens is 421 g/mol. The van der Waals surface area contributed by atoms with Crippen molar-refractivity contribution in [2.45, 2.75) is 30.0 Å². The van der Waals surface area contributed by atoms with Crippen molar-refractivity contribution >= 4 is 21.3 Å². The average molecular weight is 438 g/mol. The summed E-state index contributed by atoms with van der Waals surface area (Å²) in [6.45, 7) is 0. The number of carbonyl (C=O) groups excluding carboxylic acids is 1. The van der Waals surface area contributed by atoms with Gasteiger partial charge in [0, 0.05) is 35.9 Å². The number of nitrogens with zero attached hydrogens (tertiary/aromatic N) is 2. The van der Waals surface area contributed by atoms with E-state index in [0.29, 0.717) is 25.1 Å². The molecule has 0 aliphatic heterocycles. The largest absolute Gasteiger partial charge is 0.474 e. The first kappa shape index (κ1) is 21.6. The van der Waals surface area contributed by atoms with Crippen molar-refractivity contribution in [2.24, 2.45) is 5.92 Å². The highest BCUT2D eigenvalue weighted by molar-refractivity contribution is 7.91. The minimum Gasteiger partial charge on any atom is -0.474 e.